The second-order valence-corrected chi connectivity index (χ2v) is 4.61. The fraction of sp³-hybridized carbons (Fsp3) is 0.167. The highest BCUT2D eigenvalue weighted by Crippen LogP contribution is 2.17. The van der Waals surface area contributed by atoms with Crippen LogP contribution in [0.15, 0.2) is 35.7 Å². The monoisotopic (exact) mass is 340 g/mol. The molecule has 0 atom stereocenters. The van der Waals surface area contributed by atoms with Gasteiger partial charge in [0.2, 0.25) is 5.88 Å². The minimum absolute atomic E-state index is 0.250. The lowest BCUT2D eigenvalue weighted by atomic mass is 10.2. The van der Waals surface area contributed by atoms with E-state index >= 15 is 0 Å². The molecule has 1 amide bonds. The summed E-state index contributed by atoms with van der Waals surface area (Å²) in [5.74, 6) is 0.0387. The molecular weight excluding hydrogens is 331 g/mol. The first kappa shape index (κ1) is 11.9. The summed E-state index contributed by atoms with van der Waals surface area (Å²) in [4.78, 5) is 11.9. The van der Waals surface area contributed by atoms with Crippen molar-refractivity contribution in [2.24, 2.45) is 0 Å². The second-order valence-electron chi connectivity index (χ2n) is 3.45. The molecule has 1 aromatic rings. The molecule has 0 unspecified atom stereocenters. The summed E-state index contributed by atoms with van der Waals surface area (Å²) in [7, 11) is 0. The third kappa shape index (κ3) is 2.58. The lowest BCUT2D eigenvalue weighted by Gasteiger charge is -2.07. The van der Waals surface area contributed by atoms with Gasteiger partial charge in [0.25, 0.3) is 5.91 Å². The maximum Gasteiger partial charge on any atom is 0.259 e. The Morgan fingerprint density at radius 3 is 2.94 bits per heavy atom. The number of amides is 1. The van der Waals surface area contributed by atoms with Crippen LogP contribution >= 0.6 is 22.6 Å². The minimum atomic E-state index is -0.250. The van der Waals surface area contributed by atoms with E-state index in [4.69, 9.17) is 10.00 Å². The van der Waals surface area contributed by atoms with Crippen molar-refractivity contribution in [2.75, 3.05) is 6.61 Å². The molecular formula is C12H9IN2O2. The molecule has 1 heterocycles. The lowest BCUT2D eigenvalue weighted by Crippen LogP contribution is -2.24. The molecule has 0 saturated heterocycles. The maximum atomic E-state index is 11.9. The highest BCUT2D eigenvalue weighted by Gasteiger charge is 2.19. The Bertz CT molecular complexity index is 532. The van der Waals surface area contributed by atoms with Gasteiger partial charge < -0.3 is 4.74 Å². The van der Waals surface area contributed by atoms with Crippen LogP contribution in [0.1, 0.15) is 16.8 Å². The zero-order valence-electron chi connectivity index (χ0n) is 8.87. The van der Waals surface area contributed by atoms with E-state index in [1.165, 1.54) is 0 Å². The van der Waals surface area contributed by atoms with E-state index in [1.807, 2.05) is 18.2 Å². The molecule has 1 aromatic carbocycles. The Hall–Kier alpha value is -1.55. The molecule has 5 heteroatoms. The smallest absolute Gasteiger partial charge is 0.259 e. The van der Waals surface area contributed by atoms with Crippen molar-refractivity contribution >= 4 is 28.5 Å². The Labute approximate surface area is 112 Å². The summed E-state index contributed by atoms with van der Waals surface area (Å²) < 4.78 is 6.07. The zero-order chi connectivity index (χ0) is 12.3. The van der Waals surface area contributed by atoms with Crippen molar-refractivity contribution in [1.29, 1.82) is 5.26 Å². The van der Waals surface area contributed by atoms with Crippen LogP contribution in [0.5, 0.6) is 0 Å². The molecule has 1 N–H and O–H groups in total. The van der Waals surface area contributed by atoms with E-state index in [9.17, 15) is 4.79 Å². The van der Waals surface area contributed by atoms with Gasteiger partial charge in [-0.25, -0.2) is 0 Å². The topological polar surface area (TPSA) is 62.1 Å². The predicted octanol–water partition coefficient (Wildman–Crippen LogP) is 2.18. The number of benzene rings is 1. The van der Waals surface area contributed by atoms with Gasteiger partial charge >= 0.3 is 0 Å². The van der Waals surface area contributed by atoms with E-state index < -0.39 is 0 Å². The van der Waals surface area contributed by atoms with Crippen LogP contribution in [0.4, 0.5) is 0 Å². The molecule has 1 aliphatic heterocycles. The summed E-state index contributed by atoms with van der Waals surface area (Å²) in [5, 5.41) is 11.5. The van der Waals surface area contributed by atoms with E-state index in [1.54, 1.807) is 12.1 Å². The fourth-order valence-corrected chi connectivity index (χ4v) is 2.12. The molecule has 0 fully saturated rings. The van der Waals surface area contributed by atoms with Crippen molar-refractivity contribution in [2.45, 2.75) is 6.42 Å². The van der Waals surface area contributed by atoms with Crippen LogP contribution in [0.25, 0.3) is 0 Å². The summed E-state index contributed by atoms with van der Waals surface area (Å²) in [6.45, 7) is 0.449. The fourth-order valence-electron chi connectivity index (χ4n) is 1.49. The molecule has 17 heavy (non-hydrogen) atoms. The van der Waals surface area contributed by atoms with Crippen LogP contribution in [-0.4, -0.2) is 12.5 Å². The summed E-state index contributed by atoms with van der Waals surface area (Å²) >= 11 is 2.09. The molecule has 1 aliphatic rings. The highest BCUT2D eigenvalue weighted by molar-refractivity contribution is 14.1. The Morgan fingerprint density at radius 2 is 2.24 bits per heavy atom. The number of ether oxygens (including phenoxy) is 1. The van der Waals surface area contributed by atoms with Gasteiger partial charge in [-0.1, -0.05) is 12.1 Å². The summed E-state index contributed by atoms with van der Waals surface area (Å²) in [6.07, 6.45) is 0.554. The molecule has 0 aromatic heterocycles. The van der Waals surface area contributed by atoms with Gasteiger partial charge in [0, 0.05) is 9.99 Å². The van der Waals surface area contributed by atoms with Gasteiger partial charge in [0.15, 0.2) is 0 Å². The molecule has 0 bridgehead atoms. The minimum Gasteiger partial charge on any atom is -0.478 e. The van der Waals surface area contributed by atoms with Gasteiger partial charge in [-0.2, -0.15) is 5.26 Å². The number of carbonyl (C=O) groups excluding carboxylic acids is 1. The zero-order valence-corrected chi connectivity index (χ0v) is 11.0. The maximum absolute atomic E-state index is 11.9. The Morgan fingerprint density at radius 1 is 1.47 bits per heavy atom. The second kappa shape index (κ2) is 5.19. The number of halogens is 1. The van der Waals surface area contributed by atoms with Crippen molar-refractivity contribution in [1.82, 2.24) is 5.32 Å². The number of nitriles is 1. The van der Waals surface area contributed by atoms with Gasteiger partial charge in [-0.3, -0.25) is 10.1 Å². The number of rotatable bonds is 2. The van der Waals surface area contributed by atoms with E-state index in [0.29, 0.717) is 24.2 Å². The van der Waals surface area contributed by atoms with Crippen molar-refractivity contribution in [3.63, 3.8) is 0 Å². The first-order valence-corrected chi connectivity index (χ1v) is 6.12. The number of carbonyl (C=O) groups is 1. The third-order valence-electron chi connectivity index (χ3n) is 2.35. The van der Waals surface area contributed by atoms with Gasteiger partial charge in [0.1, 0.15) is 6.07 Å². The first-order chi connectivity index (χ1) is 8.22. The Balaban J connectivity index is 2.19. The molecule has 4 nitrogen and oxygen atoms in total. The quantitative estimate of drug-likeness (QED) is 0.840. The molecule has 0 spiro atoms. The van der Waals surface area contributed by atoms with Gasteiger partial charge in [-0.15, -0.1) is 0 Å². The predicted molar refractivity (Wildman–Crippen MR) is 69.8 cm³/mol. The molecule has 0 saturated carbocycles. The van der Waals surface area contributed by atoms with Crippen LogP contribution in [0.3, 0.4) is 0 Å². The van der Waals surface area contributed by atoms with Crippen molar-refractivity contribution in [3.05, 3.63) is 44.9 Å². The van der Waals surface area contributed by atoms with Gasteiger partial charge in [-0.05, 0) is 34.7 Å². The molecule has 2 rings (SSSR count). The van der Waals surface area contributed by atoms with E-state index in [2.05, 4.69) is 27.9 Å². The number of hydrogen-bond donors (Lipinski definition) is 1. The third-order valence-corrected chi connectivity index (χ3v) is 3.29. The van der Waals surface area contributed by atoms with Crippen LogP contribution in [0.2, 0.25) is 0 Å². The molecule has 0 aliphatic carbocycles. The lowest BCUT2D eigenvalue weighted by molar-refractivity contribution is 0.0929. The Kier molecular flexibility index (Phi) is 3.64. The van der Waals surface area contributed by atoms with Crippen molar-refractivity contribution < 1.29 is 9.53 Å². The van der Waals surface area contributed by atoms with Gasteiger partial charge in [0.05, 0.1) is 17.7 Å². The van der Waals surface area contributed by atoms with E-state index in [-0.39, 0.29) is 11.8 Å². The average Bonchev–Trinajstić information content (AvgIpc) is 2.76. The highest BCUT2D eigenvalue weighted by atomic mass is 127. The largest absolute Gasteiger partial charge is 0.478 e. The van der Waals surface area contributed by atoms with E-state index in [0.717, 1.165) is 3.57 Å². The number of nitrogens with zero attached hydrogens (tertiary/aromatic N) is 1. The molecule has 86 valence electrons. The van der Waals surface area contributed by atoms with Crippen LogP contribution in [0, 0.1) is 14.9 Å². The number of hydrogen-bond acceptors (Lipinski definition) is 3. The first-order valence-electron chi connectivity index (χ1n) is 5.04. The number of nitrogens with one attached hydrogen (secondary N) is 1. The normalized spacial score (nSPS) is 14.1. The van der Waals surface area contributed by atoms with Crippen molar-refractivity contribution in [3.8, 4) is 6.07 Å². The standard InChI is InChI=1S/C12H9IN2O2/c13-10-4-2-1-3-9(10)11(16)15-12-8(7-14)5-6-17-12/h1-4H,5-6H2,(H,15,16). The molecule has 0 radical (unpaired) electrons. The van der Waals surface area contributed by atoms with Crippen LogP contribution < -0.4 is 5.32 Å². The SMILES string of the molecule is N#CC1=C(NC(=O)c2ccccc2I)OCC1. The summed E-state index contributed by atoms with van der Waals surface area (Å²) in [6, 6.07) is 9.27. The van der Waals surface area contributed by atoms with Crippen LogP contribution in [-0.2, 0) is 4.74 Å². The summed E-state index contributed by atoms with van der Waals surface area (Å²) in [5.41, 5.74) is 1.07. The average molecular weight is 340 g/mol.